The van der Waals surface area contributed by atoms with Crippen LogP contribution in [0.25, 0.3) is 5.57 Å². The van der Waals surface area contributed by atoms with Crippen molar-refractivity contribution in [1.29, 1.82) is 0 Å². The maximum Gasteiger partial charge on any atom is 0.274 e. The van der Waals surface area contributed by atoms with Crippen molar-refractivity contribution in [3.63, 3.8) is 0 Å². The molecule has 0 atom stereocenters. The standard InChI is InChI=1S/C22H28N6O2/c1-4-16-14-27(2)13-8-6-5-7-12-23-22(30)20-19(15-28(3)26-20)25-21(29)18-11-9-10-17(16)24-18/h4,9-11,14-15H,1,5-8,12-13H2,2-3H3,(H,23,30)(H,25,29)/b16-14+. The van der Waals surface area contributed by atoms with E-state index in [4.69, 9.17) is 0 Å². The first kappa shape index (κ1) is 21.3. The van der Waals surface area contributed by atoms with E-state index in [1.54, 1.807) is 31.5 Å². The Balaban J connectivity index is 1.94. The maximum atomic E-state index is 12.8. The Hall–Kier alpha value is -3.42. The number of aryl methyl sites for hydroxylation is 1. The largest absolute Gasteiger partial charge is 0.380 e. The van der Waals surface area contributed by atoms with Crippen molar-refractivity contribution in [3.8, 4) is 0 Å². The second-order valence-corrected chi connectivity index (χ2v) is 7.37. The highest BCUT2D eigenvalue weighted by Crippen LogP contribution is 2.18. The Morgan fingerprint density at radius 2 is 1.83 bits per heavy atom. The highest BCUT2D eigenvalue weighted by atomic mass is 16.2. The van der Waals surface area contributed by atoms with Crippen molar-refractivity contribution >= 4 is 23.1 Å². The van der Waals surface area contributed by atoms with E-state index in [0.29, 0.717) is 17.9 Å². The molecule has 2 N–H and O–H groups in total. The van der Waals surface area contributed by atoms with Crippen LogP contribution >= 0.6 is 0 Å². The van der Waals surface area contributed by atoms with Crippen LogP contribution in [0.15, 0.2) is 43.3 Å². The zero-order valence-corrected chi connectivity index (χ0v) is 17.5. The van der Waals surface area contributed by atoms with Gasteiger partial charge in [0.1, 0.15) is 5.69 Å². The quantitative estimate of drug-likeness (QED) is 0.757. The number of nitrogens with zero attached hydrogens (tertiary/aromatic N) is 4. The summed E-state index contributed by atoms with van der Waals surface area (Å²) in [4.78, 5) is 32.0. The van der Waals surface area contributed by atoms with Crippen molar-refractivity contribution in [2.45, 2.75) is 25.7 Å². The number of hydrogen-bond acceptors (Lipinski definition) is 5. The van der Waals surface area contributed by atoms with Gasteiger partial charge >= 0.3 is 0 Å². The third-order valence-electron chi connectivity index (χ3n) is 4.87. The normalized spacial score (nSPS) is 18.2. The summed E-state index contributed by atoms with van der Waals surface area (Å²) in [5, 5.41) is 9.86. The Morgan fingerprint density at radius 3 is 2.63 bits per heavy atom. The molecular weight excluding hydrogens is 380 g/mol. The summed E-state index contributed by atoms with van der Waals surface area (Å²) in [5.74, 6) is -0.706. The molecule has 8 nitrogen and oxygen atoms in total. The number of amides is 2. The lowest BCUT2D eigenvalue weighted by Crippen LogP contribution is -2.26. The van der Waals surface area contributed by atoms with Crippen LogP contribution in [0.3, 0.4) is 0 Å². The smallest absolute Gasteiger partial charge is 0.274 e. The van der Waals surface area contributed by atoms with Gasteiger partial charge in [-0.15, -0.1) is 0 Å². The van der Waals surface area contributed by atoms with Crippen LogP contribution in [0.1, 0.15) is 52.4 Å². The minimum absolute atomic E-state index is 0.191. The van der Waals surface area contributed by atoms with E-state index in [1.807, 2.05) is 19.3 Å². The number of allylic oxidation sites excluding steroid dienone is 2. The van der Waals surface area contributed by atoms with Crippen LogP contribution in [0, 0.1) is 0 Å². The predicted octanol–water partition coefficient (Wildman–Crippen LogP) is 2.83. The minimum atomic E-state index is -0.406. The number of rotatable bonds is 1. The highest BCUT2D eigenvalue weighted by molar-refractivity contribution is 6.07. The Labute approximate surface area is 176 Å². The molecule has 8 heteroatoms. The lowest BCUT2D eigenvalue weighted by molar-refractivity contribution is 0.0948. The van der Waals surface area contributed by atoms with Crippen LogP contribution in [0.5, 0.6) is 0 Å². The number of fused-ring (bicyclic) bond motifs is 3. The molecule has 158 valence electrons. The summed E-state index contributed by atoms with van der Waals surface area (Å²) in [5.41, 5.74) is 2.30. The molecule has 0 aromatic carbocycles. The SMILES string of the molecule is C=C/C1=C\N(C)CCCCCCNC(=O)c2nn(C)cc2NC(=O)c2cccc1n2. The summed E-state index contributed by atoms with van der Waals surface area (Å²) < 4.78 is 1.51. The third-order valence-corrected chi connectivity index (χ3v) is 4.87. The molecule has 2 bridgehead atoms. The second-order valence-electron chi connectivity index (χ2n) is 7.37. The Kier molecular flexibility index (Phi) is 7.00. The van der Waals surface area contributed by atoms with Crippen LogP contribution in [0.4, 0.5) is 5.69 Å². The van der Waals surface area contributed by atoms with Gasteiger partial charge in [0.25, 0.3) is 11.8 Å². The lowest BCUT2D eigenvalue weighted by atomic mass is 10.1. The summed E-state index contributed by atoms with van der Waals surface area (Å²) in [6, 6.07) is 5.26. The average Bonchev–Trinajstić information content (AvgIpc) is 3.10. The molecule has 30 heavy (non-hydrogen) atoms. The predicted molar refractivity (Wildman–Crippen MR) is 117 cm³/mol. The second kappa shape index (κ2) is 9.87. The molecule has 0 radical (unpaired) electrons. The van der Waals surface area contributed by atoms with E-state index in [1.165, 1.54) is 4.68 Å². The number of carbonyl (C=O) groups excluding carboxylic acids is 2. The lowest BCUT2D eigenvalue weighted by Gasteiger charge is -2.16. The highest BCUT2D eigenvalue weighted by Gasteiger charge is 2.19. The molecule has 3 heterocycles. The van der Waals surface area contributed by atoms with Gasteiger partial charge in [-0.05, 0) is 25.0 Å². The van der Waals surface area contributed by atoms with E-state index in [9.17, 15) is 9.59 Å². The van der Waals surface area contributed by atoms with Gasteiger partial charge in [-0.1, -0.05) is 31.6 Å². The van der Waals surface area contributed by atoms with E-state index >= 15 is 0 Å². The van der Waals surface area contributed by atoms with Crippen LogP contribution in [-0.4, -0.2) is 51.6 Å². The van der Waals surface area contributed by atoms with Gasteiger partial charge in [0, 0.05) is 45.2 Å². The number of aromatic nitrogens is 3. The summed E-state index contributed by atoms with van der Waals surface area (Å²) in [6.07, 6.45) is 9.40. The van der Waals surface area contributed by atoms with E-state index in [2.05, 4.69) is 32.2 Å². The minimum Gasteiger partial charge on any atom is -0.380 e. The molecule has 1 aliphatic rings. The van der Waals surface area contributed by atoms with Crippen molar-refractivity contribution in [3.05, 3.63) is 60.3 Å². The maximum absolute atomic E-state index is 12.8. The van der Waals surface area contributed by atoms with Crippen LogP contribution in [-0.2, 0) is 7.05 Å². The molecule has 0 spiro atoms. The van der Waals surface area contributed by atoms with Crippen molar-refractivity contribution in [1.82, 2.24) is 25.0 Å². The fourth-order valence-corrected chi connectivity index (χ4v) is 3.31. The van der Waals surface area contributed by atoms with E-state index < -0.39 is 5.91 Å². The molecule has 0 saturated heterocycles. The molecule has 2 aromatic heterocycles. The molecule has 1 aliphatic heterocycles. The van der Waals surface area contributed by atoms with E-state index in [-0.39, 0.29) is 17.3 Å². The molecule has 0 aliphatic carbocycles. The third kappa shape index (κ3) is 5.34. The van der Waals surface area contributed by atoms with E-state index in [0.717, 1.165) is 37.8 Å². The fraction of sp³-hybridized carbons (Fsp3) is 0.364. The first-order valence-corrected chi connectivity index (χ1v) is 10.1. The van der Waals surface area contributed by atoms with Gasteiger partial charge in [0.15, 0.2) is 5.69 Å². The molecule has 2 amide bonds. The number of nitrogens with one attached hydrogen (secondary N) is 2. The molecular formula is C22H28N6O2. The molecule has 0 unspecified atom stereocenters. The van der Waals surface area contributed by atoms with Crippen LogP contribution < -0.4 is 10.6 Å². The Morgan fingerprint density at radius 1 is 1.07 bits per heavy atom. The van der Waals surface area contributed by atoms with Crippen molar-refractivity contribution in [2.75, 3.05) is 25.5 Å². The van der Waals surface area contributed by atoms with Gasteiger partial charge in [-0.3, -0.25) is 14.3 Å². The summed E-state index contributed by atoms with van der Waals surface area (Å²) in [7, 11) is 3.72. The molecule has 3 rings (SSSR count). The molecule has 0 saturated carbocycles. The average molecular weight is 409 g/mol. The monoisotopic (exact) mass is 408 g/mol. The first-order chi connectivity index (χ1) is 14.5. The van der Waals surface area contributed by atoms with Gasteiger partial charge < -0.3 is 15.5 Å². The topological polar surface area (TPSA) is 92.2 Å². The zero-order chi connectivity index (χ0) is 21.5. The van der Waals surface area contributed by atoms with Gasteiger partial charge in [-0.2, -0.15) is 5.10 Å². The Bertz CT molecular complexity index is 962. The van der Waals surface area contributed by atoms with Crippen molar-refractivity contribution in [2.24, 2.45) is 7.05 Å². The summed E-state index contributed by atoms with van der Waals surface area (Å²) >= 11 is 0. The van der Waals surface area contributed by atoms with Gasteiger partial charge in [0.05, 0.1) is 11.4 Å². The van der Waals surface area contributed by atoms with Gasteiger partial charge in [0.2, 0.25) is 0 Å². The number of hydrogen-bond donors (Lipinski definition) is 2. The summed E-state index contributed by atoms with van der Waals surface area (Å²) in [6.45, 7) is 5.37. The van der Waals surface area contributed by atoms with Gasteiger partial charge in [-0.25, -0.2) is 4.98 Å². The van der Waals surface area contributed by atoms with Crippen molar-refractivity contribution < 1.29 is 9.59 Å². The molecule has 2 aromatic rings. The number of anilines is 1. The van der Waals surface area contributed by atoms with Crippen LogP contribution in [0.2, 0.25) is 0 Å². The number of pyridine rings is 1. The fourth-order valence-electron chi connectivity index (χ4n) is 3.31. The first-order valence-electron chi connectivity index (χ1n) is 10.1. The number of carbonyl (C=O) groups is 2. The molecule has 0 fully saturated rings. The zero-order valence-electron chi connectivity index (χ0n) is 17.5.